The number of aromatic nitrogens is 4. The van der Waals surface area contributed by atoms with E-state index in [2.05, 4.69) is 35.7 Å². The van der Waals surface area contributed by atoms with Gasteiger partial charge in [-0.15, -0.1) is 0 Å². The summed E-state index contributed by atoms with van der Waals surface area (Å²) in [5.41, 5.74) is 1.55. The number of halogens is 4. The number of nitrogens with zero attached hydrogens (tertiary/aromatic N) is 4. The molecule has 0 N–H and O–H groups in total. The van der Waals surface area contributed by atoms with Crippen LogP contribution in [0, 0.1) is 5.82 Å². The molecule has 3 rings (SSSR count). The minimum atomic E-state index is -2.84. The van der Waals surface area contributed by atoms with Gasteiger partial charge in [-0.2, -0.15) is 13.9 Å². The van der Waals surface area contributed by atoms with Crippen molar-refractivity contribution in [1.82, 2.24) is 19.7 Å². The van der Waals surface area contributed by atoms with Crippen molar-refractivity contribution in [2.24, 2.45) is 0 Å². The summed E-state index contributed by atoms with van der Waals surface area (Å²) < 4.78 is 45.3. The van der Waals surface area contributed by atoms with Crippen LogP contribution >= 0.6 is 15.9 Å². The van der Waals surface area contributed by atoms with Gasteiger partial charge in [-0.05, 0) is 40.5 Å². The summed E-state index contributed by atoms with van der Waals surface area (Å²) in [6, 6.07) is 4.69. The molecule has 3 aromatic rings. The minimum Gasteiger partial charge on any atom is -0.323 e. The lowest BCUT2D eigenvalue weighted by molar-refractivity contribution is -0.130. The predicted octanol–water partition coefficient (Wildman–Crippen LogP) is 4.46. The highest BCUT2D eigenvalue weighted by molar-refractivity contribution is 9.10. The molecule has 0 saturated carbocycles. The number of hydrogen-bond acceptors (Lipinski definition) is 4. The highest BCUT2D eigenvalue weighted by Gasteiger charge is 2.18. The molecule has 9 heteroatoms. The molecule has 3 aromatic heterocycles. The molecule has 0 aliphatic carbocycles. The third-order valence-electron chi connectivity index (χ3n) is 3.73. The molecule has 0 fully saturated rings. The first-order valence-electron chi connectivity index (χ1n) is 7.70. The van der Waals surface area contributed by atoms with Gasteiger partial charge in [0, 0.05) is 34.2 Å². The van der Waals surface area contributed by atoms with E-state index >= 15 is 0 Å². The second-order valence-electron chi connectivity index (χ2n) is 5.40. The molecular weight excluding hydrogens is 413 g/mol. The molecule has 1 unspecified atom stereocenters. The molecule has 0 aromatic carbocycles. The molecule has 0 spiro atoms. The van der Waals surface area contributed by atoms with Crippen molar-refractivity contribution in [3.8, 4) is 11.1 Å². The molecular formula is C17H14BrF3N4O. The summed E-state index contributed by atoms with van der Waals surface area (Å²) >= 11 is 3.31. The fraction of sp³-hybridized carbons (Fsp3) is 0.235. The lowest BCUT2D eigenvalue weighted by Crippen LogP contribution is -2.16. The minimum absolute atomic E-state index is 0.168. The van der Waals surface area contributed by atoms with E-state index in [1.807, 2.05) is 0 Å². The molecule has 0 bridgehead atoms. The van der Waals surface area contributed by atoms with E-state index in [-0.39, 0.29) is 13.0 Å². The van der Waals surface area contributed by atoms with Gasteiger partial charge in [-0.3, -0.25) is 14.6 Å². The van der Waals surface area contributed by atoms with Crippen LogP contribution in [-0.4, -0.2) is 33.0 Å². The second-order valence-corrected chi connectivity index (χ2v) is 6.32. The van der Waals surface area contributed by atoms with Crippen molar-refractivity contribution < 1.29 is 17.9 Å². The fourth-order valence-electron chi connectivity index (χ4n) is 2.53. The Labute approximate surface area is 156 Å². The maximum atomic E-state index is 13.9. The van der Waals surface area contributed by atoms with Gasteiger partial charge < -0.3 is 4.74 Å². The largest absolute Gasteiger partial charge is 0.345 e. The molecule has 26 heavy (non-hydrogen) atoms. The number of rotatable bonds is 7. The summed E-state index contributed by atoms with van der Waals surface area (Å²) in [5, 5.41) is 4.27. The summed E-state index contributed by atoms with van der Waals surface area (Å²) in [4.78, 5) is 8.04. The Morgan fingerprint density at radius 1 is 1.15 bits per heavy atom. The lowest BCUT2D eigenvalue weighted by atomic mass is 10.1. The lowest BCUT2D eigenvalue weighted by Gasteiger charge is -2.17. The molecule has 5 nitrogen and oxygen atoms in total. The smallest absolute Gasteiger partial charge is 0.323 e. The standard InChI is InChI=1S/C17H14BrF3N4O/c18-12-1-2-15(23-8-12)16(4-6-26-17(20)21)25-10-11(7-24-25)13-3-5-22-9-14(13)19/h1-3,5,7-10,16-17H,4,6H2. The van der Waals surface area contributed by atoms with Crippen LogP contribution in [0.3, 0.4) is 0 Å². The average molecular weight is 427 g/mol. The zero-order valence-corrected chi connectivity index (χ0v) is 15.0. The maximum Gasteiger partial charge on any atom is 0.345 e. The monoisotopic (exact) mass is 426 g/mol. The van der Waals surface area contributed by atoms with Crippen molar-refractivity contribution in [2.45, 2.75) is 19.1 Å². The van der Waals surface area contributed by atoms with Crippen molar-refractivity contribution in [3.05, 3.63) is 65.2 Å². The van der Waals surface area contributed by atoms with Crippen molar-refractivity contribution >= 4 is 15.9 Å². The molecule has 0 aliphatic rings. The van der Waals surface area contributed by atoms with Gasteiger partial charge in [-0.25, -0.2) is 4.39 Å². The average Bonchev–Trinajstić information content (AvgIpc) is 3.09. The van der Waals surface area contributed by atoms with E-state index in [1.54, 1.807) is 35.3 Å². The topological polar surface area (TPSA) is 52.8 Å². The van der Waals surface area contributed by atoms with E-state index < -0.39 is 18.5 Å². The third-order valence-corrected chi connectivity index (χ3v) is 4.20. The van der Waals surface area contributed by atoms with E-state index in [0.717, 1.165) is 10.7 Å². The number of hydrogen-bond donors (Lipinski definition) is 0. The summed E-state index contributed by atoms with van der Waals surface area (Å²) in [7, 11) is 0. The predicted molar refractivity (Wildman–Crippen MR) is 92.1 cm³/mol. The van der Waals surface area contributed by atoms with Gasteiger partial charge in [0.1, 0.15) is 5.82 Å². The molecule has 0 amide bonds. The fourth-order valence-corrected chi connectivity index (χ4v) is 2.76. The first-order chi connectivity index (χ1) is 12.5. The first-order valence-corrected chi connectivity index (χ1v) is 8.49. The van der Waals surface area contributed by atoms with Crippen LogP contribution in [0.1, 0.15) is 18.2 Å². The first kappa shape index (κ1) is 18.5. The Morgan fingerprint density at radius 2 is 2.00 bits per heavy atom. The van der Waals surface area contributed by atoms with Gasteiger partial charge >= 0.3 is 6.61 Å². The van der Waals surface area contributed by atoms with Crippen molar-refractivity contribution in [2.75, 3.05) is 6.61 Å². The summed E-state index contributed by atoms with van der Waals surface area (Å²) in [6.45, 7) is -3.01. The maximum absolute atomic E-state index is 13.9. The Bertz CT molecular complexity index is 857. The second kappa shape index (κ2) is 8.41. The molecule has 0 radical (unpaired) electrons. The highest BCUT2D eigenvalue weighted by Crippen LogP contribution is 2.26. The van der Waals surface area contributed by atoms with E-state index in [1.165, 1.54) is 12.4 Å². The van der Waals surface area contributed by atoms with E-state index in [4.69, 9.17) is 0 Å². The summed E-state index contributed by atoms with van der Waals surface area (Å²) in [6.07, 6.45) is 7.62. The van der Waals surface area contributed by atoms with Crippen molar-refractivity contribution in [1.29, 1.82) is 0 Å². The number of ether oxygens (including phenoxy) is 1. The quantitative estimate of drug-likeness (QED) is 0.559. The van der Waals surface area contributed by atoms with Gasteiger partial charge in [0.2, 0.25) is 0 Å². The Kier molecular flexibility index (Phi) is 6.00. The van der Waals surface area contributed by atoms with Crippen LogP contribution in [0.25, 0.3) is 11.1 Å². The van der Waals surface area contributed by atoms with Gasteiger partial charge in [0.05, 0.1) is 30.7 Å². The van der Waals surface area contributed by atoms with Gasteiger partial charge in [-0.1, -0.05) is 0 Å². The molecule has 0 aliphatic heterocycles. The van der Waals surface area contributed by atoms with Gasteiger partial charge in [0.25, 0.3) is 0 Å². The van der Waals surface area contributed by atoms with Crippen LogP contribution in [-0.2, 0) is 4.74 Å². The zero-order valence-electron chi connectivity index (χ0n) is 13.4. The Hall–Kier alpha value is -2.26. The van der Waals surface area contributed by atoms with Crippen LogP contribution in [0.15, 0.2) is 53.7 Å². The van der Waals surface area contributed by atoms with Crippen LogP contribution < -0.4 is 0 Å². The molecule has 136 valence electrons. The molecule has 0 saturated heterocycles. The Morgan fingerprint density at radius 3 is 2.69 bits per heavy atom. The van der Waals surface area contributed by atoms with E-state index in [0.29, 0.717) is 16.8 Å². The van der Waals surface area contributed by atoms with Crippen molar-refractivity contribution in [3.63, 3.8) is 0 Å². The zero-order chi connectivity index (χ0) is 18.5. The Balaban J connectivity index is 1.89. The third kappa shape index (κ3) is 4.47. The summed E-state index contributed by atoms with van der Waals surface area (Å²) in [5.74, 6) is -0.466. The number of alkyl halides is 2. The van der Waals surface area contributed by atoms with Crippen LogP contribution in [0.5, 0.6) is 0 Å². The van der Waals surface area contributed by atoms with Gasteiger partial charge in [0.15, 0.2) is 0 Å². The normalized spacial score (nSPS) is 12.5. The molecule has 3 heterocycles. The van der Waals surface area contributed by atoms with E-state index in [9.17, 15) is 13.2 Å². The SMILES string of the molecule is Fc1cnccc1-c1cnn(C(CCOC(F)F)c2ccc(Br)cn2)c1. The highest BCUT2D eigenvalue weighted by atomic mass is 79.9. The van der Waals surface area contributed by atoms with Crippen LogP contribution in [0.4, 0.5) is 13.2 Å². The van der Waals surface area contributed by atoms with Crippen LogP contribution in [0.2, 0.25) is 0 Å². The number of pyridine rings is 2. The molecule has 1 atom stereocenters.